The minimum absolute atomic E-state index is 0.0278. The zero-order valence-electron chi connectivity index (χ0n) is 23.2. The number of methoxy groups -OCH3 is 1. The average Bonchev–Trinajstić information content (AvgIpc) is 3.59. The molecule has 5 heterocycles. The summed E-state index contributed by atoms with van der Waals surface area (Å²) < 4.78 is 18.8. The van der Waals surface area contributed by atoms with Gasteiger partial charge in [-0.3, -0.25) is 9.20 Å². The highest BCUT2D eigenvalue weighted by Crippen LogP contribution is 2.31. The first kappa shape index (κ1) is 26.2. The molecular weight excluding hydrogens is 512 g/mol. The minimum Gasteiger partial charge on any atom is -0.478 e. The maximum absolute atomic E-state index is 13.7. The van der Waals surface area contributed by atoms with Crippen LogP contribution in [0.4, 0.5) is 11.5 Å². The van der Waals surface area contributed by atoms with Crippen molar-refractivity contribution < 1.29 is 19.0 Å². The van der Waals surface area contributed by atoms with Gasteiger partial charge >= 0.3 is 6.01 Å². The van der Waals surface area contributed by atoms with Crippen LogP contribution >= 0.6 is 0 Å². The highest BCUT2D eigenvalue weighted by molar-refractivity contribution is 6.13. The number of nitrogens with one attached hydrogen (secondary N) is 2. The first-order valence-corrected chi connectivity index (χ1v) is 13.6. The lowest BCUT2D eigenvalue weighted by Crippen LogP contribution is -2.54. The van der Waals surface area contributed by atoms with Gasteiger partial charge in [0.25, 0.3) is 11.8 Å². The van der Waals surface area contributed by atoms with Crippen LogP contribution in [0.5, 0.6) is 11.9 Å². The molecule has 0 saturated carbocycles. The molecule has 2 aliphatic heterocycles. The second kappa shape index (κ2) is 10.9. The molecule has 2 fully saturated rings. The Hall–Kier alpha value is -4.03. The summed E-state index contributed by atoms with van der Waals surface area (Å²) in [5.41, 5.74) is 3.27. The van der Waals surface area contributed by atoms with Gasteiger partial charge in [-0.1, -0.05) is 0 Å². The quantitative estimate of drug-likeness (QED) is 0.357. The molecule has 0 radical (unpaired) electrons. The maximum atomic E-state index is 13.7. The van der Waals surface area contributed by atoms with Gasteiger partial charge < -0.3 is 29.7 Å². The largest absolute Gasteiger partial charge is 0.478 e. The normalized spacial score (nSPS) is 21.2. The van der Waals surface area contributed by atoms with Gasteiger partial charge in [0.15, 0.2) is 5.82 Å². The molecule has 4 aromatic rings. The van der Waals surface area contributed by atoms with Crippen LogP contribution in [0.1, 0.15) is 42.7 Å². The third kappa shape index (κ3) is 5.24. The lowest BCUT2D eigenvalue weighted by molar-refractivity contribution is 0.0646. The molecule has 0 spiro atoms. The van der Waals surface area contributed by atoms with E-state index in [1.54, 1.807) is 22.9 Å². The Morgan fingerprint density at radius 3 is 2.75 bits per heavy atom. The zero-order valence-corrected chi connectivity index (χ0v) is 23.2. The van der Waals surface area contributed by atoms with Crippen molar-refractivity contribution >= 4 is 34.0 Å². The molecule has 0 bridgehead atoms. The summed E-state index contributed by atoms with van der Waals surface area (Å²) in [4.78, 5) is 34.1. The Morgan fingerprint density at radius 2 is 2.00 bits per heavy atom. The molecule has 3 atom stereocenters. The van der Waals surface area contributed by atoms with Crippen LogP contribution in [-0.4, -0.2) is 81.8 Å². The summed E-state index contributed by atoms with van der Waals surface area (Å²) in [7, 11) is 1.52. The summed E-state index contributed by atoms with van der Waals surface area (Å²) >= 11 is 0. The van der Waals surface area contributed by atoms with E-state index in [2.05, 4.69) is 44.3 Å². The van der Waals surface area contributed by atoms with E-state index in [1.165, 1.54) is 7.11 Å². The second-order valence-electron chi connectivity index (χ2n) is 10.6. The predicted molar refractivity (Wildman–Crippen MR) is 151 cm³/mol. The van der Waals surface area contributed by atoms with Gasteiger partial charge in [0.2, 0.25) is 5.65 Å². The smallest absolute Gasteiger partial charge is 0.317 e. The van der Waals surface area contributed by atoms with Gasteiger partial charge in [-0.15, -0.1) is 0 Å². The number of aryl methyl sites for hydroxylation is 1. The SMILES string of the molecule is COc1nc(NC(=O)c2ccc(N3C[C@H](C)N[C@@H](C)C3)c3cnc(OC[C@@H]4CCCO4)nc23)cn2cc(C)nc12. The van der Waals surface area contributed by atoms with Crippen LogP contribution in [0.3, 0.4) is 0 Å². The van der Waals surface area contributed by atoms with E-state index in [4.69, 9.17) is 19.2 Å². The fourth-order valence-electron chi connectivity index (χ4n) is 5.56. The number of benzene rings is 1. The average molecular weight is 547 g/mol. The van der Waals surface area contributed by atoms with Gasteiger partial charge in [0.1, 0.15) is 6.61 Å². The Bertz CT molecular complexity index is 1540. The van der Waals surface area contributed by atoms with Crippen molar-refractivity contribution in [2.45, 2.75) is 51.8 Å². The number of aromatic nitrogens is 5. The Balaban J connectivity index is 1.36. The number of ether oxygens (including phenoxy) is 3. The summed E-state index contributed by atoms with van der Waals surface area (Å²) in [6, 6.07) is 4.62. The first-order valence-electron chi connectivity index (χ1n) is 13.6. The van der Waals surface area contributed by atoms with Gasteiger partial charge in [0, 0.05) is 55.2 Å². The number of fused-ring (bicyclic) bond motifs is 2. The molecule has 0 unspecified atom stereocenters. The van der Waals surface area contributed by atoms with E-state index in [-0.39, 0.29) is 18.0 Å². The van der Waals surface area contributed by atoms with E-state index < -0.39 is 0 Å². The summed E-state index contributed by atoms with van der Waals surface area (Å²) in [5, 5.41) is 7.26. The first-order chi connectivity index (χ1) is 19.4. The number of nitrogens with zero attached hydrogens (tertiary/aromatic N) is 6. The van der Waals surface area contributed by atoms with Crippen LogP contribution < -0.4 is 25.0 Å². The molecule has 6 rings (SSSR count). The lowest BCUT2D eigenvalue weighted by atomic mass is 10.0. The molecule has 40 heavy (non-hydrogen) atoms. The molecule has 1 amide bonds. The molecule has 3 aromatic heterocycles. The van der Waals surface area contributed by atoms with E-state index >= 15 is 0 Å². The van der Waals surface area contributed by atoms with E-state index in [0.29, 0.717) is 47.1 Å². The van der Waals surface area contributed by atoms with Crippen LogP contribution in [0, 0.1) is 6.92 Å². The third-order valence-corrected chi connectivity index (χ3v) is 7.23. The van der Waals surface area contributed by atoms with Crippen LogP contribution in [0.2, 0.25) is 0 Å². The van der Waals surface area contributed by atoms with Crippen LogP contribution in [-0.2, 0) is 4.74 Å². The molecule has 210 valence electrons. The standard InChI is InChI=1S/C28H34N8O4/c1-16-11-35(12-17(2)30-16)22-8-7-20(24-21(22)10-29-28(34-24)40-15-19-6-5-9-39-19)26(37)32-23-14-36-13-18(3)31-25(36)27(33-23)38-4/h7-8,10,13-14,16-17,19,30H,5-6,9,11-12,15H2,1-4H3,(H,32,37)/t16-,17-,19-/m0/s1. The van der Waals surface area contributed by atoms with Crippen molar-refractivity contribution in [1.82, 2.24) is 29.7 Å². The summed E-state index contributed by atoms with van der Waals surface area (Å²) in [6.45, 7) is 8.99. The monoisotopic (exact) mass is 546 g/mol. The van der Waals surface area contributed by atoms with Crippen LogP contribution in [0.25, 0.3) is 16.6 Å². The highest BCUT2D eigenvalue weighted by atomic mass is 16.5. The molecular formula is C28H34N8O4. The van der Waals surface area contributed by atoms with Crippen molar-refractivity contribution in [2.75, 3.05) is 43.6 Å². The minimum atomic E-state index is -0.354. The lowest BCUT2D eigenvalue weighted by Gasteiger charge is -2.38. The maximum Gasteiger partial charge on any atom is 0.317 e. The van der Waals surface area contributed by atoms with Crippen LogP contribution in [0.15, 0.2) is 30.7 Å². The number of carbonyl (C=O) groups excluding carboxylic acids is 1. The Kier molecular flexibility index (Phi) is 7.11. The van der Waals surface area contributed by atoms with Gasteiger partial charge in [-0.05, 0) is 45.7 Å². The molecule has 0 aliphatic carbocycles. The Labute approximate surface area is 232 Å². The number of rotatable bonds is 7. The topological polar surface area (TPSA) is 128 Å². The van der Waals surface area contributed by atoms with Crippen molar-refractivity contribution in [2.24, 2.45) is 0 Å². The third-order valence-electron chi connectivity index (χ3n) is 7.23. The molecule has 1 aromatic carbocycles. The fraction of sp³-hybridized carbons (Fsp3) is 0.464. The van der Waals surface area contributed by atoms with Gasteiger partial charge in [-0.2, -0.15) is 9.97 Å². The van der Waals surface area contributed by atoms with Crippen molar-refractivity contribution in [1.29, 1.82) is 0 Å². The summed E-state index contributed by atoms with van der Waals surface area (Å²) in [5.74, 6) is 0.297. The molecule has 12 nitrogen and oxygen atoms in total. The number of carbonyl (C=O) groups is 1. The number of amides is 1. The number of anilines is 2. The fourth-order valence-corrected chi connectivity index (χ4v) is 5.56. The van der Waals surface area contributed by atoms with Crippen molar-refractivity contribution in [3.63, 3.8) is 0 Å². The molecule has 2 saturated heterocycles. The molecule has 12 heteroatoms. The molecule has 2 aliphatic rings. The van der Waals surface area contributed by atoms with Crippen molar-refractivity contribution in [3.8, 4) is 11.9 Å². The number of hydrogen-bond acceptors (Lipinski definition) is 10. The van der Waals surface area contributed by atoms with E-state index in [9.17, 15) is 4.79 Å². The number of imidazole rings is 1. The second-order valence-corrected chi connectivity index (χ2v) is 10.6. The number of hydrogen-bond donors (Lipinski definition) is 2. The van der Waals surface area contributed by atoms with Gasteiger partial charge in [0.05, 0.1) is 36.2 Å². The highest BCUT2D eigenvalue weighted by Gasteiger charge is 2.25. The Morgan fingerprint density at radius 1 is 1.18 bits per heavy atom. The van der Waals surface area contributed by atoms with E-state index in [0.717, 1.165) is 49.3 Å². The zero-order chi connectivity index (χ0) is 27.8. The van der Waals surface area contributed by atoms with E-state index in [1.807, 2.05) is 19.2 Å². The summed E-state index contributed by atoms with van der Waals surface area (Å²) in [6.07, 6.45) is 7.30. The van der Waals surface area contributed by atoms with Crippen molar-refractivity contribution in [3.05, 3.63) is 42.0 Å². The number of piperazine rings is 1. The molecule has 2 N–H and O–H groups in total. The predicted octanol–water partition coefficient (Wildman–Crippen LogP) is 2.99. The van der Waals surface area contributed by atoms with Gasteiger partial charge in [-0.25, -0.2) is 9.97 Å².